The number of aromatic nitrogens is 1. The van der Waals surface area contributed by atoms with E-state index in [0.29, 0.717) is 18.8 Å². The van der Waals surface area contributed by atoms with Crippen molar-refractivity contribution in [3.05, 3.63) is 24.0 Å². The van der Waals surface area contributed by atoms with Crippen LogP contribution in [-0.4, -0.2) is 36.2 Å². The van der Waals surface area contributed by atoms with Crippen molar-refractivity contribution in [1.82, 2.24) is 10.3 Å². The summed E-state index contributed by atoms with van der Waals surface area (Å²) < 4.78 is 5.39. The summed E-state index contributed by atoms with van der Waals surface area (Å²) in [7, 11) is 0. The molecule has 5 heteroatoms. The van der Waals surface area contributed by atoms with Crippen LogP contribution in [0.15, 0.2) is 18.3 Å². The minimum Gasteiger partial charge on any atom is -0.379 e. The van der Waals surface area contributed by atoms with E-state index in [2.05, 4.69) is 22.5 Å². The molecule has 2 heterocycles. The summed E-state index contributed by atoms with van der Waals surface area (Å²) in [6.45, 7) is 6.07. The van der Waals surface area contributed by atoms with Gasteiger partial charge in [-0.15, -0.1) is 0 Å². The summed E-state index contributed by atoms with van der Waals surface area (Å²) in [5, 5.41) is 6.15. The second kappa shape index (κ2) is 5.35. The third kappa shape index (κ3) is 2.98. The molecule has 1 aliphatic rings. The van der Waals surface area contributed by atoms with Crippen LogP contribution in [0.1, 0.15) is 30.8 Å². The first-order valence-corrected chi connectivity index (χ1v) is 6.23. The fourth-order valence-electron chi connectivity index (χ4n) is 2.00. The number of carbonyl (C=O) groups excluding carboxylic acids is 1. The molecule has 1 amide bonds. The Morgan fingerprint density at radius 3 is 3.11 bits per heavy atom. The van der Waals surface area contributed by atoms with Gasteiger partial charge in [0.15, 0.2) is 0 Å². The average molecular weight is 249 g/mol. The Morgan fingerprint density at radius 1 is 1.61 bits per heavy atom. The van der Waals surface area contributed by atoms with Crippen LogP contribution in [0.3, 0.4) is 0 Å². The highest BCUT2D eigenvalue weighted by molar-refractivity contribution is 5.93. The molecule has 1 saturated heterocycles. The van der Waals surface area contributed by atoms with Crippen molar-refractivity contribution in [3.63, 3.8) is 0 Å². The van der Waals surface area contributed by atoms with Gasteiger partial charge in [-0.05, 0) is 32.4 Å². The molecule has 0 radical (unpaired) electrons. The maximum absolute atomic E-state index is 11.7. The first-order chi connectivity index (χ1) is 8.63. The molecule has 5 nitrogen and oxygen atoms in total. The topological polar surface area (TPSA) is 63.2 Å². The van der Waals surface area contributed by atoms with Gasteiger partial charge in [-0.1, -0.05) is 0 Å². The smallest absolute Gasteiger partial charge is 0.269 e. The van der Waals surface area contributed by atoms with Crippen molar-refractivity contribution in [3.8, 4) is 0 Å². The predicted molar refractivity (Wildman–Crippen MR) is 69.7 cm³/mol. The van der Waals surface area contributed by atoms with Crippen LogP contribution in [0.25, 0.3) is 0 Å². The van der Waals surface area contributed by atoms with Gasteiger partial charge in [0, 0.05) is 25.0 Å². The molecule has 18 heavy (non-hydrogen) atoms. The van der Waals surface area contributed by atoms with Crippen molar-refractivity contribution < 1.29 is 9.53 Å². The second-order valence-corrected chi connectivity index (χ2v) is 4.78. The Kier molecular flexibility index (Phi) is 3.81. The highest BCUT2D eigenvalue weighted by Crippen LogP contribution is 2.23. The Balaban J connectivity index is 2.09. The van der Waals surface area contributed by atoms with Gasteiger partial charge >= 0.3 is 0 Å². The SMILES string of the molecule is CCNC(=O)c1cc(NC2(C)CCOC2)ccn1. The molecule has 1 aromatic heterocycles. The van der Waals surface area contributed by atoms with Gasteiger partial charge < -0.3 is 15.4 Å². The molecule has 2 N–H and O–H groups in total. The lowest BCUT2D eigenvalue weighted by molar-refractivity contribution is 0.0951. The molecule has 0 spiro atoms. The van der Waals surface area contributed by atoms with E-state index in [4.69, 9.17) is 4.74 Å². The average Bonchev–Trinajstić information content (AvgIpc) is 2.76. The largest absolute Gasteiger partial charge is 0.379 e. The minimum atomic E-state index is -0.144. The van der Waals surface area contributed by atoms with Gasteiger partial charge in [-0.25, -0.2) is 0 Å². The molecular weight excluding hydrogens is 230 g/mol. The zero-order valence-corrected chi connectivity index (χ0v) is 10.8. The lowest BCUT2D eigenvalue weighted by Crippen LogP contribution is -2.35. The summed E-state index contributed by atoms with van der Waals surface area (Å²) in [6, 6.07) is 3.64. The molecule has 1 unspecified atom stereocenters. The fourth-order valence-corrected chi connectivity index (χ4v) is 2.00. The van der Waals surface area contributed by atoms with Crippen LogP contribution in [0.2, 0.25) is 0 Å². The number of nitrogens with zero attached hydrogens (tertiary/aromatic N) is 1. The summed E-state index contributed by atoms with van der Waals surface area (Å²) in [6.07, 6.45) is 2.61. The minimum absolute atomic E-state index is 0.0557. The highest BCUT2D eigenvalue weighted by atomic mass is 16.5. The highest BCUT2D eigenvalue weighted by Gasteiger charge is 2.29. The number of hydrogen-bond donors (Lipinski definition) is 2. The molecule has 1 fully saturated rings. The molecule has 0 aromatic carbocycles. The van der Waals surface area contributed by atoms with Crippen LogP contribution in [0, 0.1) is 0 Å². The molecule has 0 aliphatic carbocycles. The summed E-state index contributed by atoms with van der Waals surface area (Å²) in [5.74, 6) is -0.144. The van der Waals surface area contributed by atoms with Gasteiger partial charge in [-0.3, -0.25) is 9.78 Å². The quantitative estimate of drug-likeness (QED) is 0.847. The van der Waals surface area contributed by atoms with Gasteiger partial charge in [0.1, 0.15) is 5.69 Å². The number of rotatable bonds is 4. The van der Waals surface area contributed by atoms with Crippen LogP contribution in [-0.2, 0) is 4.74 Å². The van der Waals surface area contributed by atoms with E-state index in [1.165, 1.54) is 0 Å². The van der Waals surface area contributed by atoms with Crippen LogP contribution < -0.4 is 10.6 Å². The Labute approximate surface area is 107 Å². The normalized spacial score (nSPS) is 22.8. The monoisotopic (exact) mass is 249 g/mol. The Morgan fingerprint density at radius 2 is 2.44 bits per heavy atom. The lowest BCUT2D eigenvalue weighted by atomic mass is 10.0. The van der Waals surface area contributed by atoms with E-state index in [1.807, 2.05) is 13.0 Å². The molecule has 2 rings (SSSR count). The van der Waals surface area contributed by atoms with E-state index in [-0.39, 0.29) is 11.4 Å². The van der Waals surface area contributed by atoms with Crippen molar-refractivity contribution in [2.24, 2.45) is 0 Å². The number of carbonyl (C=O) groups is 1. The second-order valence-electron chi connectivity index (χ2n) is 4.78. The number of amides is 1. The summed E-state index contributed by atoms with van der Waals surface area (Å²) in [5.41, 5.74) is 1.28. The maximum Gasteiger partial charge on any atom is 0.269 e. The third-order valence-electron chi connectivity index (χ3n) is 2.99. The number of ether oxygens (including phenoxy) is 1. The van der Waals surface area contributed by atoms with Crippen LogP contribution in [0.4, 0.5) is 5.69 Å². The Bertz CT molecular complexity index is 428. The van der Waals surface area contributed by atoms with E-state index in [0.717, 1.165) is 18.7 Å². The number of hydrogen-bond acceptors (Lipinski definition) is 4. The van der Waals surface area contributed by atoms with Gasteiger partial charge in [-0.2, -0.15) is 0 Å². The van der Waals surface area contributed by atoms with Crippen molar-refractivity contribution >= 4 is 11.6 Å². The van der Waals surface area contributed by atoms with Crippen LogP contribution >= 0.6 is 0 Å². The van der Waals surface area contributed by atoms with Crippen molar-refractivity contribution in [2.75, 3.05) is 25.1 Å². The molecule has 98 valence electrons. The first-order valence-electron chi connectivity index (χ1n) is 6.23. The lowest BCUT2D eigenvalue weighted by Gasteiger charge is -2.25. The van der Waals surface area contributed by atoms with Gasteiger partial charge in [0.2, 0.25) is 0 Å². The predicted octanol–water partition coefficient (Wildman–Crippen LogP) is 1.42. The van der Waals surface area contributed by atoms with Gasteiger partial charge in [0.25, 0.3) is 5.91 Å². The van der Waals surface area contributed by atoms with Crippen molar-refractivity contribution in [1.29, 1.82) is 0 Å². The molecular formula is C13H19N3O2. The number of pyridine rings is 1. The number of anilines is 1. The standard InChI is InChI=1S/C13H19N3O2/c1-3-14-12(17)11-8-10(4-6-15-11)16-13(2)5-7-18-9-13/h4,6,8H,3,5,7,9H2,1-2H3,(H,14,17)(H,15,16). The van der Waals surface area contributed by atoms with Crippen LogP contribution in [0.5, 0.6) is 0 Å². The zero-order chi connectivity index (χ0) is 13.0. The summed E-state index contributed by atoms with van der Waals surface area (Å²) in [4.78, 5) is 15.8. The number of nitrogens with one attached hydrogen (secondary N) is 2. The van der Waals surface area contributed by atoms with Crippen molar-refractivity contribution in [2.45, 2.75) is 25.8 Å². The van der Waals surface area contributed by atoms with E-state index < -0.39 is 0 Å². The third-order valence-corrected chi connectivity index (χ3v) is 2.99. The van der Waals surface area contributed by atoms with E-state index >= 15 is 0 Å². The fraction of sp³-hybridized carbons (Fsp3) is 0.538. The zero-order valence-electron chi connectivity index (χ0n) is 10.8. The van der Waals surface area contributed by atoms with E-state index in [9.17, 15) is 4.79 Å². The first kappa shape index (κ1) is 12.8. The molecule has 1 aromatic rings. The summed E-state index contributed by atoms with van der Waals surface area (Å²) >= 11 is 0. The maximum atomic E-state index is 11.7. The Hall–Kier alpha value is -1.62. The molecule has 0 bridgehead atoms. The molecule has 1 aliphatic heterocycles. The molecule has 0 saturated carbocycles. The molecule has 1 atom stereocenters. The van der Waals surface area contributed by atoms with Gasteiger partial charge in [0.05, 0.1) is 12.1 Å². The van der Waals surface area contributed by atoms with E-state index in [1.54, 1.807) is 12.3 Å².